The van der Waals surface area contributed by atoms with Gasteiger partial charge in [-0.05, 0) is 54.2 Å². The van der Waals surface area contributed by atoms with Gasteiger partial charge >= 0.3 is 0 Å². The van der Waals surface area contributed by atoms with E-state index in [4.69, 9.17) is 4.74 Å². The van der Waals surface area contributed by atoms with E-state index in [-0.39, 0.29) is 0 Å². The molecule has 2 atom stereocenters. The standard InChI is InChI=1S/C18H19NO/c1-10-8-15-16(11(2)18(10)20-3)14-9-12-6-4-5-7-13(12)17(14)19-15/h4-8,14,17,19H,9H2,1-3H3. The van der Waals surface area contributed by atoms with E-state index in [9.17, 15) is 0 Å². The molecule has 0 amide bonds. The van der Waals surface area contributed by atoms with Crippen LogP contribution in [-0.4, -0.2) is 7.11 Å². The lowest BCUT2D eigenvalue weighted by molar-refractivity contribution is 0.407. The van der Waals surface area contributed by atoms with Crippen LogP contribution in [0.2, 0.25) is 0 Å². The highest BCUT2D eigenvalue weighted by molar-refractivity contribution is 5.70. The lowest BCUT2D eigenvalue weighted by atomic mass is 9.90. The molecule has 2 aromatic rings. The molecule has 1 aliphatic carbocycles. The predicted molar refractivity (Wildman–Crippen MR) is 81.7 cm³/mol. The number of hydrogen-bond acceptors (Lipinski definition) is 2. The molecule has 0 aromatic heterocycles. The number of fused-ring (bicyclic) bond motifs is 5. The van der Waals surface area contributed by atoms with Gasteiger partial charge in [-0.3, -0.25) is 0 Å². The molecular weight excluding hydrogens is 246 g/mol. The summed E-state index contributed by atoms with van der Waals surface area (Å²) in [6, 6.07) is 11.5. The van der Waals surface area contributed by atoms with Gasteiger partial charge < -0.3 is 10.1 Å². The number of methoxy groups -OCH3 is 1. The van der Waals surface area contributed by atoms with Crippen molar-refractivity contribution in [1.82, 2.24) is 0 Å². The van der Waals surface area contributed by atoms with Crippen molar-refractivity contribution in [3.05, 3.63) is 58.1 Å². The summed E-state index contributed by atoms with van der Waals surface area (Å²) in [6.07, 6.45) is 1.13. The van der Waals surface area contributed by atoms with Crippen LogP contribution < -0.4 is 10.1 Å². The van der Waals surface area contributed by atoms with Gasteiger partial charge in [-0.15, -0.1) is 0 Å². The van der Waals surface area contributed by atoms with Gasteiger partial charge in [0, 0.05) is 11.6 Å². The summed E-state index contributed by atoms with van der Waals surface area (Å²) in [6.45, 7) is 4.31. The van der Waals surface area contributed by atoms with Crippen LogP contribution >= 0.6 is 0 Å². The van der Waals surface area contributed by atoms with Crippen LogP contribution in [0.15, 0.2) is 30.3 Å². The maximum absolute atomic E-state index is 5.60. The highest BCUT2D eigenvalue weighted by Crippen LogP contribution is 2.54. The number of benzene rings is 2. The molecule has 0 spiro atoms. The zero-order valence-corrected chi connectivity index (χ0v) is 12.2. The Morgan fingerprint density at radius 3 is 2.80 bits per heavy atom. The van der Waals surface area contributed by atoms with E-state index in [1.165, 1.54) is 33.5 Å². The largest absolute Gasteiger partial charge is 0.496 e. The Hall–Kier alpha value is -1.96. The Labute approximate surface area is 119 Å². The molecule has 0 saturated carbocycles. The third kappa shape index (κ3) is 1.39. The number of anilines is 1. The zero-order valence-electron chi connectivity index (χ0n) is 12.2. The minimum absolute atomic E-state index is 0.436. The van der Waals surface area contributed by atoms with Crippen LogP contribution in [0, 0.1) is 13.8 Å². The fourth-order valence-corrected chi connectivity index (χ4v) is 4.10. The molecule has 20 heavy (non-hydrogen) atoms. The molecule has 2 nitrogen and oxygen atoms in total. The van der Waals surface area contributed by atoms with Crippen molar-refractivity contribution in [3.63, 3.8) is 0 Å². The maximum atomic E-state index is 5.60. The first-order valence-corrected chi connectivity index (χ1v) is 7.23. The quantitative estimate of drug-likeness (QED) is 0.837. The van der Waals surface area contributed by atoms with Crippen LogP contribution in [0.3, 0.4) is 0 Å². The summed E-state index contributed by atoms with van der Waals surface area (Å²) in [5.41, 5.74) is 8.21. The highest BCUT2D eigenvalue weighted by Gasteiger charge is 2.41. The smallest absolute Gasteiger partial charge is 0.125 e. The maximum Gasteiger partial charge on any atom is 0.125 e. The zero-order chi connectivity index (χ0) is 13.9. The summed E-state index contributed by atoms with van der Waals surface area (Å²) < 4.78 is 5.60. The van der Waals surface area contributed by atoms with Gasteiger partial charge in [-0.1, -0.05) is 24.3 Å². The number of nitrogens with one attached hydrogen (secondary N) is 1. The third-order valence-corrected chi connectivity index (χ3v) is 4.87. The summed E-state index contributed by atoms with van der Waals surface area (Å²) in [7, 11) is 1.77. The van der Waals surface area contributed by atoms with Crippen molar-refractivity contribution in [1.29, 1.82) is 0 Å². The first-order chi connectivity index (χ1) is 9.70. The highest BCUT2D eigenvalue weighted by atomic mass is 16.5. The minimum Gasteiger partial charge on any atom is -0.496 e. The van der Waals surface area contributed by atoms with Crippen molar-refractivity contribution < 1.29 is 4.74 Å². The van der Waals surface area contributed by atoms with Gasteiger partial charge in [0.2, 0.25) is 0 Å². The lowest BCUT2D eigenvalue weighted by Crippen LogP contribution is -2.05. The Morgan fingerprint density at radius 2 is 2.00 bits per heavy atom. The molecule has 4 rings (SSSR count). The molecule has 0 bridgehead atoms. The predicted octanol–water partition coefficient (Wildman–Crippen LogP) is 4.12. The molecule has 2 aromatic carbocycles. The Kier molecular flexibility index (Phi) is 2.38. The first kappa shape index (κ1) is 11.8. The van der Waals surface area contributed by atoms with Crippen molar-refractivity contribution in [2.24, 2.45) is 0 Å². The second-order valence-corrected chi connectivity index (χ2v) is 5.94. The van der Waals surface area contributed by atoms with Gasteiger partial charge in [0.25, 0.3) is 0 Å². The minimum atomic E-state index is 0.436. The number of hydrogen-bond donors (Lipinski definition) is 1. The number of rotatable bonds is 1. The van der Waals surface area contributed by atoms with E-state index >= 15 is 0 Å². The van der Waals surface area contributed by atoms with Crippen LogP contribution in [0.5, 0.6) is 5.75 Å². The molecule has 1 aliphatic heterocycles. The normalized spacial score (nSPS) is 21.9. The van der Waals surface area contributed by atoms with E-state index in [1.54, 1.807) is 7.11 Å². The molecule has 2 unspecified atom stereocenters. The van der Waals surface area contributed by atoms with Crippen LogP contribution in [0.25, 0.3) is 0 Å². The molecule has 0 radical (unpaired) electrons. The molecule has 2 heteroatoms. The monoisotopic (exact) mass is 265 g/mol. The summed E-state index contributed by atoms with van der Waals surface area (Å²) in [5, 5.41) is 3.73. The summed E-state index contributed by atoms with van der Waals surface area (Å²) >= 11 is 0. The van der Waals surface area contributed by atoms with E-state index in [0.717, 1.165) is 12.2 Å². The van der Waals surface area contributed by atoms with Crippen molar-refractivity contribution in [2.45, 2.75) is 32.2 Å². The topological polar surface area (TPSA) is 21.3 Å². The molecule has 1 N–H and O–H groups in total. The second kappa shape index (κ2) is 4.02. The van der Waals surface area contributed by atoms with Crippen molar-refractivity contribution >= 4 is 5.69 Å². The van der Waals surface area contributed by atoms with Crippen LogP contribution in [-0.2, 0) is 6.42 Å². The fraction of sp³-hybridized carbons (Fsp3) is 0.333. The second-order valence-electron chi connectivity index (χ2n) is 5.94. The van der Waals surface area contributed by atoms with Gasteiger partial charge in [0.15, 0.2) is 0 Å². The molecule has 0 fully saturated rings. The molecular formula is C18H19NO. The van der Waals surface area contributed by atoms with Crippen molar-refractivity contribution in [2.75, 3.05) is 12.4 Å². The molecule has 0 saturated heterocycles. The average Bonchev–Trinajstić information content (AvgIpc) is 2.94. The lowest BCUT2D eigenvalue weighted by Gasteiger charge is -2.15. The number of aryl methyl sites for hydroxylation is 1. The van der Waals surface area contributed by atoms with Gasteiger partial charge in [-0.25, -0.2) is 0 Å². The SMILES string of the molecule is COc1c(C)cc2c(c1C)C1Cc3ccccc3C1N2. The Morgan fingerprint density at radius 1 is 1.20 bits per heavy atom. The number of ether oxygens (including phenoxy) is 1. The van der Waals surface area contributed by atoms with Gasteiger partial charge in [0.05, 0.1) is 13.2 Å². The van der Waals surface area contributed by atoms with Crippen molar-refractivity contribution in [3.8, 4) is 5.75 Å². The van der Waals surface area contributed by atoms with Gasteiger partial charge in [0.1, 0.15) is 5.75 Å². The Balaban J connectivity index is 1.87. The van der Waals surface area contributed by atoms with E-state index in [0.29, 0.717) is 12.0 Å². The third-order valence-electron chi connectivity index (χ3n) is 4.87. The summed E-state index contributed by atoms with van der Waals surface area (Å²) in [4.78, 5) is 0. The average molecular weight is 265 g/mol. The Bertz CT molecular complexity index is 705. The first-order valence-electron chi connectivity index (χ1n) is 7.23. The summed E-state index contributed by atoms with van der Waals surface area (Å²) in [5.74, 6) is 1.60. The van der Waals surface area contributed by atoms with Crippen LogP contribution in [0.1, 0.15) is 39.8 Å². The molecule has 102 valence electrons. The molecule has 1 heterocycles. The fourth-order valence-electron chi connectivity index (χ4n) is 4.10. The van der Waals surface area contributed by atoms with E-state index in [2.05, 4.69) is 49.5 Å². The van der Waals surface area contributed by atoms with Gasteiger partial charge in [-0.2, -0.15) is 0 Å². The molecule has 2 aliphatic rings. The van der Waals surface area contributed by atoms with E-state index in [1.807, 2.05) is 0 Å². The van der Waals surface area contributed by atoms with E-state index < -0.39 is 0 Å². The van der Waals surface area contributed by atoms with Crippen LogP contribution in [0.4, 0.5) is 5.69 Å².